The summed E-state index contributed by atoms with van der Waals surface area (Å²) < 4.78 is 13.7. The number of fused-ring (bicyclic) bond motifs is 2. The fourth-order valence-corrected chi connectivity index (χ4v) is 5.49. The molecule has 0 aliphatic carbocycles. The normalized spacial score (nSPS) is 14.8. The fraction of sp³-hybridized carbons (Fsp3) is 0.250. The van der Waals surface area contributed by atoms with E-state index in [1.807, 2.05) is 18.2 Å². The maximum Gasteiger partial charge on any atom is 0.254 e. The van der Waals surface area contributed by atoms with Gasteiger partial charge in [0.25, 0.3) is 5.91 Å². The van der Waals surface area contributed by atoms with E-state index in [-0.39, 0.29) is 11.8 Å². The summed E-state index contributed by atoms with van der Waals surface area (Å²) in [5.41, 5.74) is 5.63. The Morgan fingerprint density at radius 3 is 2.74 bits per heavy atom. The zero-order valence-electron chi connectivity index (χ0n) is 20.7. The van der Waals surface area contributed by atoms with Crippen molar-refractivity contribution in [3.05, 3.63) is 89.0 Å². The van der Waals surface area contributed by atoms with Gasteiger partial charge in [-0.1, -0.05) is 24.6 Å². The van der Waals surface area contributed by atoms with E-state index in [1.165, 1.54) is 18.5 Å². The first kappa shape index (κ1) is 24.2. The molecule has 10 heteroatoms. The van der Waals surface area contributed by atoms with Gasteiger partial charge in [-0.2, -0.15) is 0 Å². The summed E-state index contributed by atoms with van der Waals surface area (Å²) in [6.07, 6.45) is 5.59. The Bertz CT molecular complexity index is 1650. The summed E-state index contributed by atoms with van der Waals surface area (Å²) in [7, 11) is 0. The van der Waals surface area contributed by atoms with E-state index in [2.05, 4.69) is 31.8 Å². The van der Waals surface area contributed by atoms with Crippen LogP contribution < -0.4 is 4.90 Å². The number of piperazine rings is 1. The van der Waals surface area contributed by atoms with Crippen LogP contribution in [0, 0.1) is 5.82 Å². The van der Waals surface area contributed by atoms with Gasteiger partial charge in [0.2, 0.25) is 0 Å². The number of carbonyl (C=O) groups excluding carboxylic acids is 1. The summed E-state index contributed by atoms with van der Waals surface area (Å²) in [4.78, 5) is 37.9. The molecule has 1 amide bonds. The van der Waals surface area contributed by atoms with Crippen LogP contribution in [-0.2, 0) is 6.42 Å². The van der Waals surface area contributed by atoms with Crippen molar-refractivity contribution in [3.8, 4) is 0 Å². The number of amides is 1. The number of rotatable bonds is 5. The lowest BCUT2D eigenvalue weighted by molar-refractivity contribution is 0.0746. The number of imidazole rings is 1. The highest BCUT2D eigenvalue weighted by Gasteiger charge is 2.28. The van der Waals surface area contributed by atoms with Crippen LogP contribution in [0.5, 0.6) is 0 Å². The van der Waals surface area contributed by atoms with Crippen molar-refractivity contribution < 1.29 is 9.18 Å². The molecule has 5 aromatic rings. The van der Waals surface area contributed by atoms with Crippen molar-refractivity contribution >= 4 is 45.3 Å². The minimum atomic E-state index is -0.414. The average molecular weight is 530 g/mol. The third kappa shape index (κ3) is 4.43. The average Bonchev–Trinajstić information content (AvgIpc) is 3.43. The molecule has 4 heterocycles. The Morgan fingerprint density at radius 1 is 1.08 bits per heavy atom. The van der Waals surface area contributed by atoms with Gasteiger partial charge >= 0.3 is 0 Å². The van der Waals surface area contributed by atoms with Gasteiger partial charge < -0.3 is 14.8 Å². The van der Waals surface area contributed by atoms with E-state index in [0.717, 1.165) is 33.4 Å². The Labute approximate surface area is 223 Å². The number of H-pyrrole nitrogens is 1. The summed E-state index contributed by atoms with van der Waals surface area (Å²) in [6, 6.07) is 11.7. The van der Waals surface area contributed by atoms with Crippen molar-refractivity contribution in [3.63, 3.8) is 0 Å². The molecule has 1 unspecified atom stereocenters. The van der Waals surface area contributed by atoms with E-state index in [4.69, 9.17) is 16.6 Å². The molecule has 8 nitrogen and oxygen atoms in total. The largest absolute Gasteiger partial charge is 0.366 e. The number of carbonyl (C=O) groups is 1. The Kier molecular flexibility index (Phi) is 6.37. The van der Waals surface area contributed by atoms with Crippen LogP contribution in [-0.4, -0.2) is 61.9 Å². The quantitative estimate of drug-likeness (QED) is 0.344. The van der Waals surface area contributed by atoms with Crippen LogP contribution in [0.1, 0.15) is 34.5 Å². The topological polar surface area (TPSA) is 90.9 Å². The standard InChI is InChI=1S/C28H25ClFN7O/c1-17(12-23-25-27(34-15-32-23)35-16-33-25)21-14-22(29)20-6-3-7-31-24(20)26(21)36-8-10-37(11-9-36)28(38)18-4-2-5-19(30)13-18/h2-7,13-17H,8-12H2,1H3,(H,32,33,34,35). The molecule has 0 saturated carbocycles. The number of aromatic amines is 1. The second kappa shape index (κ2) is 9.98. The van der Waals surface area contributed by atoms with E-state index >= 15 is 0 Å². The van der Waals surface area contributed by atoms with E-state index in [0.29, 0.717) is 48.8 Å². The minimum Gasteiger partial charge on any atom is -0.366 e. The van der Waals surface area contributed by atoms with Gasteiger partial charge in [-0.25, -0.2) is 19.3 Å². The van der Waals surface area contributed by atoms with E-state index < -0.39 is 5.82 Å². The Morgan fingerprint density at radius 2 is 1.92 bits per heavy atom. The number of hydrogen-bond donors (Lipinski definition) is 1. The molecular weight excluding hydrogens is 505 g/mol. The van der Waals surface area contributed by atoms with Crippen LogP contribution in [0.25, 0.3) is 22.1 Å². The fourth-order valence-electron chi connectivity index (χ4n) is 5.22. The number of hydrogen-bond acceptors (Lipinski definition) is 6. The highest BCUT2D eigenvalue weighted by molar-refractivity contribution is 6.36. The van der Waals surface area contributed by atoms with Gasteiger partial charge in [-0.15, -0.1) is 0 Å². The molecule has 0 bridgehead atoms. The monoisotopic (exact) mass is 529 g/mol. The number of benzene rings is 2. The number of nitrogens with one attached hydrogen (secondary N) is 1. The zero-order valence-corrected chi connectivity index (χ0v) is 21.5. The highest BCUT2D eigenvalue weighted by Crippen LogP contribution is 2.40. The lowest BCUT2D eigenvalue weighted by atomic mass is 9.92. The molecule has 2 aromatic carbocycles. The number of halogens is 2. The molecule has 0 radical (unpaired) electrons. The second-order valence-electron chi connectivity index (χ2n) is 9.51. The van der Waals surface area contributed by atoms with Crippen molar-refractivity contribution in [1.29, 1.82) is 0 Å². The maximum atomic E-state index is 13.7. The molecule has 1 aliphatic heterocycles. The first-order chi connectivity index (χ1) is 18.5. The molecule has 1 fully saturated rings. The highest BCUT2D eigenvalue weighted by atomic mass is 35.5. The maximum absolute atomic E-state index is 13.7. The molecule has 6 rings (SSSR count). The molecule has 3 aromatic heterocycles. The van der Waals surface area contributed by atoms with Crippen molar-refractivity contribution in [2.24, 2.45) is 0 Å². The van der Waals surface area contributed by atoms with Gasteiger partial charge in [0.1, 0.15) is 17.7 Å². The van der Waals surface area contributed by atoms with Crippen LogP contribution in [0.3, 0.4) is 0 Å². The molecule has 1 aliphatic rings. The first-order valence-electron chi connectivity index (χ1n) is 12.5. The lowest BCUT2D eigenvalue weighted by Crippen LogP contribution is -2.49. The van der Waals surface area contributed by atoms with Gasteiger partial charge in [0.05, 0.1) is 28.2 Å². The SMILES string of the molecule is CC(Cc1ncnc2nc[nH]c12)c1cc(Cl)c2cccnc2c1N1CCN(C(=O)c2cccc(F)c2)CC1. The number of aromatic nitrogens is 5. The summed E-state index contributed by atoms with van der Waals surface area (Å²) in [5, 5.41) is 1.53. The third-order valence-electron chi connectivity index (χ3n) is 7.13. The lowest BCUT2D eigenvalue weighted by Gasteiger charge is -2.38. The predicted octanol–water partition coefficient (Wildman–Crippen LogP) is 5.00. The summed E-state index contributed by atoms with van der Waals surface area (Å²) in [6.45, 7) is 4.42. The van der Waals surface area contributed by atoms with Crippen LogP contribution in [0.2, 0.25) is 5.02 Å². The smallest absolute Gasteiger partial charge is 0.254 e. The van der Waals surface area contributed by atoms with E-state index in [9.17, 15) is 9.18 Å². The molecule has 38 heavy (non-hydrogen) atoms. The van der Waals surface area contributed by atoms with E-state index in [1.54, 1.807) is 29.6 Å². The van der Waals surface area contributed by atoms with Gasteiger partial charge in [0.15, 0.2) is 5.65 Å². The predicted molar refractivity (Wildman–Crippen MR) is 145 cm³/mol. The Hall–Kier alpha value is -4.11. The zero-order chi connectivity index (χ0) is 26.2. The van der Waals surface area contributed by atoms with Gasteiger partial charge in [-0.3, -0.25) is 9.78 Å². The van der Waals surface area contributed by atoms with Crippen molar-refractivity contribution in [2.45, 2.75) is 19.3 Å². The minimum absolute atomic E-state index is 0.0576. The molecule has 1 atom stereocenters. The van der Waals surface area contributed by atoms with Gasteiger partial charge in [0, 0.05) is 43.3 Å². The second-order valence-corrected chi connectivity index (χ2v) is 9.92. The summed E-state index contributed by atoms with van der Waals surface area (Å²) in [5.74, 6) is -0.519. The van der Waals surface area contributed by atoms with Crippen LogP contribution in [0.4, 0.5) is 10.1 Å². The Balaban J connectivity index is 1.32. The van der Waals surface area contributed by atoms with Crippen LogP contribution >= 0.6 is 11.6 Å². The molecule has 0 spiro atoms. The number of nitrogens with zero attached hydrogens (tertiary/aromatic N) is 6. The van der Waals surface area contributed by atoms with Crippen molar-refractivity contribution in [1.82, 2.24) is 29.8 Å². The molecule has 192 valence electrons. The van der Waals surface area contributed by atoms with Crippen LogP contribution in [0.15, 0.2) is 61.3 Å². The van der Waals surface area contributed by atoms with Crippen molar-refractivity contribution in [2.75, 3.05) is 31.1 Å². The third-order valence-corrected chi connectivity index (χ3v) is 7.44. The molecule has 1 N–H and O–H groups in total. The number of pyridine rings is 1. The molecule has 1 saturated heterocycles. The van der Waals surface area contributed by atoms with Gasteiger partial charge in [-0.05, 0) is 54.3 Å². The number of anilines is 1. The first-order valence-corrected chi connectivity index (χ1v) is 12.9. The molecular formula is C28H25ClFN7O. The summed E-state index contributed by atoms with van der Waals surface area (Å²) >= 11 is 6.76.